The lowest BCUT2D eigenvalue weighted by Crippen LogP contribution is -2.45. The number of allylic oxidation sites excluding steroid dienone is 1. The highest BCUT2D eigenvalue weighted by atomic mass is 16.6. The molecule has 0 unspecified atom stereocenters. The van der Waals surface area contributed by atoms with Gasteiger partial charge in [0.05, 0.1) is 13.2 Å². The molecule has 2 atom stereocenters. The minimum absolute atomic E-state index is 0.0752. The normalized spacial score (nSPS) is 13.3. The van der Waals surface area contributed by atoms with Gasteiger partial charge in [-0.3, -0.25) is 0 Å². The highest BCUT2D eigenvalue weighted by Crippen LogP contribution is 2.22. The Balaban J connectivity index is 2.12. The van der Waals surface area contributed by atoms with E-state index in [1.165, 1.54) is 0 Å². The molecule has 0 saturated heterocycles. The van der Waals surface area contributed by atoms with Crippen LogP contribution in [-0.2, 0) is 22.6 Å². The number of nitrogens with zero attached hydrogens (tertiary/aromatic N) is 1. The summed E-state index contributed by atoms with van der Waals surface area (Å²) in [5.74, 6) is 0.113. The summed E-state index contributed by atoms with van der Waals surface area (Å²) in [7, 11) is 0. The Kier molecular flexibility index (Phi) is 9.13. The van der Waals surface area contributed by atoms with Crippen LogP contribution < -0.4 is 0 Å². The van der Waals surface area contributed by atoms with Crippen molar-refractivity contribution in [1.29, 1.82) is 0 Å². The first-order chi connectivity index (χ1) is 14.3. The molecule has 0 N–H and O–H groups in total. The van der Waals surface area contributed by atoms with Crippen LogP contribution in [0.3, 0.4) is 0 Å². The number of benzene rings is 2. The number of hydrogen-bond acceptors (Lipinski definition) is 3. The van der Waals surface area contributed by atoms with Crippen LogP contribution in [0.4, 0.5) is 4.79 Å². The van der Waals surface area contributed by atoms with E-state index < -0.39 is 5.60 Å². The maximum atomic E-state index is 13.0. The van der Waals surface area contributed by atoms with Crippen LogP contribution in [-0.4, -0.2) is 29.2 Å². The third-order valence-electron chi connectivity index (χ3n) is 4.91. The molecule has 0 heterocycles. The van der Waals surface area contributed by atoms with Crippen molar-refractivity contribution in [3.05, 3.63) is 84.4 Å². The maximum Gasteiger partial charge on any atom is 0.410 e. The molecule has 0 aliphatic heterocycles. The molecule has 30 heavy (non-hydrogen) atoms. The van der Waals surface area contributed by atoms with Gasteiger partial charge in [0.25, 0.3) is 0 Å². The van der Waals surface area contributed by atoms with Crippen molar-refractivity contribution in [3.8, 4) is 0 Å². The first-order valence-corrected chi connectivity index (χ1v) is 10.6. The second-order valence-corrected chi connectivity index (χ2v) is 8.62. The van der Waals surface area contributed by atoms with Gasteiger partial charge in [-0.1, -0.05) is 66.7 Å². The number of ether oxygens (including phenoxy) is 2. The summed E-state index contributed by atoms with van der Waals surface area (Å²) in [6.45, 7) is 13.2. The summed E-state index contributed by atoms with van der Waals surface area (Å²) in [5.41, 5.74) is 1.65. The molecule has 2 rings (SSSR count). The first kappa shape index (κ1) is 23.7. The molecule has 0 saturated carbocycles. The van der Waals surface area contributed by atoms with Gasteiger partial charge in [-0.05, 0) is 45.2 Å². The van der Waals surface area contributed by atoms with Crippen molar-refractivity contribution in [2.75, 3.05) is 6.61 Å². The predicted octanol–water partition coefficient (Wildman–Crippen LogP) is 6.22. The molecule has 2 aromatic carbocycles. The molecule has 2 aromatic rings. The number of carbonyl (C=O) groups excluding carboxylic acids is 1. The summed E-state index contributed by atoms with van der Waals surface area (Å²) in [5, 5.41) is 0. The smallest absolute Gasteiger partial charge is 0.410 e. The van der Waals surface area contributed by atoms with Crippen molar-refractivity contribution < 1.29 is 14.3 Å². The average Bonchev–Trinajstić information content (AvgIpc) is 2.71. The summed E-state index contributed by atoms with van der Waals surface area (Å²) in [6, 6.07) is 20.0. The van der Waals surface area contributed by atoms with Crippen LogP contribution in [0, 0.1) is 5.92 Å². The van der Waals surface area contributed by atoms with Gasteiger partial charge in [0.15, 0.2) is 0 Å². The van der Waals surface area contributed by atoms with Gasteiger partial charge >= 0.3 is 6.09 Å². The van der Waals surface area contributed by atoms with E-state index >= 15 is 0 Å². The Bertz CT molecular complexity index is 768. The number of hydrogen-bond donors (Lipinski definition) is 0. The molecule has 0 aliphatic carbocycles. The fourth-order valence-corrected chi connectivity index (χ4v) is 3.25. The Morgan fingerprint density at radius 2 is 1.60 bits per heavy atom. The topological polar surface area (TPSA) is 38.8 Å². The Morgan fingerprint density at radius 3 is 2.13 bits per heavy atom. The molecule has 0 aliphatic rings. The predicted molar refractivity (Wildman–Crippen MR) is 122 cm³/mol. The minimum atomic E-state index is -0.552. The molecule has 0 spiro atoms. The first-order valence-electron chi connectivity index (χ1n) is 10.6. The fourth-order valence-electron chi connectivity index (χ4n) is 3.25. The van der Waals surface area contributed by atoms with Crippen LogP contribution >= 0.6 is 0 Å². The quantitative estimate of drug-likeness (QED) is 0.437. The van der Waals surface area contributed by atoms with Crippen molar-refractivity contribution in [3.63, 3.8) is 0 Å². The molecule has 0 radical (unpaired) electrons. The standard InChI is InChI=1S/C26H35NO3/c1-6-13-24(20-29-19-23-16-11-8-12-17-23)21(2)27(25(28)30-26(3,4)5)18-22-14-9-7-10-15-22/h6-12,14-17,21,24H,1,13,18-20H2,2-5H3/t21-,24+/m1/s1. The van der Waals surface area contributed by atoms with Gasteiger partial charge in [0, 0.05) is 18.5 Å². The summed E-state index contributed by atoms with van der Waals surface area (Å²) < 4.78 is 11.7. The van der Waals surface area contributed by atoms with Gasteiger partial charge in [0.2, 0.25) is 0 Å². The molecule has 0 bridgehead atoms. The molecule has 1 amide bonds. The zero-order valence-electron chi connectivity index (χ0n) is 18.7. The second kappa shape index (κ2) is 11.6. The Morgan fingerprint density at radius 1 is 1.03 bits per heavy atom. The van der Waals surface area contributed by atoms with E-state index in [4.69, 9.17) is 9.47 Å². The molecule has 4 nitrogen and oxygen atoms in total. The van der Waals surface area contributed by atoms with Gasteiger partial charge in [-0.25, -0.2) is 4.79 Å². The van der Waals surface area contributed by atoms with E-state index in [9.17, 15) is 4.79 Å². The van der Waals surface area contributed by atoms with Crippen LogP contribution in [0.5, 0.6) is 0 Å². The van der Waals surface area contributed by atoms with Gasteiger partial charge in [0.1, 0.15) is 5.60 Å². The molecular weight excluding hydrogens is 374 g/mol. The summed E-state index contributed by atoms with van der Waals surface area (Å²) >= 11 is 0. The maximum absolute atomic E-state index is 13.0. The zero-order chi connectivity index (χ0) is 22.0. The molecule has 4 heteroatoms. The van der Waals surface area contributed by atoms with E-state index in [1.54, 1.807) is 4.90 Å². The third-order valence-corrected chi connectivity index (χ3v) is 4.91. The molecular formula is C26H35NO3. The lowest BCUT2D eigenvalue weighted by molar-refractivity contribution is -0.00158. The van der Waals surface area contributed by atoms with Crippen molar-refractivity contribution in [2.45, 2.75) is 58.9 Å². The van der Waals surface area contributed by atoms with Crippen LogP contribution in [0.15, 0.2) is 73.3 Å². The number of rotatable bonds is 10. The third kappa shape index (κ3) is 8.03. The van der Waals surface area contributed by atoms with Crippen molar-refractivity contribution in [1.82, 2.24) is 4.90 Å². The highest BCUT2D eigenvalue weighted by molar-refractivity contribution is 5.68. The molecule has 162 valence electrons. The molecule has 0 fully saturated rings. The summed E-state index contributed by atoms with van der Waals surface area (Å²) in [6.07, 6.45) is 2.34. The number of carbonyl (C=O) groups is 1. The minimum Gasteiger partial charge on any atom is -0.444 e. The lowest BCUT2D eigenvalue weighted by Gasteiger charge is -2.35. The fraction of sp³-hybridized carbons (Fsp3) is 0.423. The largest absolute Gasteiger partial charge is 0.444 e. The van der Waals surface area contributed by atoms with E-state index in [2.05, 4.69) is 13.5 Å². The van der Waals surface area contributed by atoms with Crippen molar-refractivity contribution in [2.24, 2.45) is 5.92 Å². The second-order valence-electron chi connectivity index (χ2n) is 8.62. The molecule has 0 aromatic heterocycles. The van der Waals surface area contributed by atoms with Crippen LogP contribution in [0.1, 0.15) is 45.2 Å². The van der Waals surface area contributed by atoms with E-state index in [0.717, 1.165) is 17.5 Å². The van der Waals surface area contributed by atoms with Gasteiger partial charge in [-0.2, -0.15) is 0 Å². The average molecular weight is 410 g/mol. The SMILES string of the molecule is C=CC[C@@H](COCc1ccccc1)[C@@H](C)N(Cc1ccccc1)C(=O)OC(C)(C)C. The van der Waals surface area contributed by atoms with E-state index in [0.29, 0.717) is 19.8 Å². The van der Waals surface area contributed by atoms with E-state index in [1.807, 2.05) is 87.5 Å². The van der Waals surface area contributed by atoms with Crippen LogP contribution in [0.25, 0.3) is 0 Å². The van der Waals surface area contributed by atoms with Gasteiger partial charge in [-0.15, -0.1) is 6.58 Å². The number of amides is 1. The Hall–Kier alpha value is -2.59. The van der Waals surface area contributed by atoms with Crippen LogP contribution in [0.2, 0.25) is 0 Å². The van der Waals surface area contributed by atoms with Gasteiger partial charge < -0.3 is 14.4 Å². The summed E-state index contributed by atoms with van der Waals surface area (Å²) in [4.78, 5) is 14.9. The van der Waals surface area contributed by atoms with Crippen molar-refractivity contribution >= 4 is 6.09 Å². The van der Waals surface area contributed by atoms with E-state index in [-0.39, 0.29) is 18.1 Å². The highest BCUT2D eigenvalue weighted by Gasteiger charge is 2.30. The zero-order valence-corrected chi connectivity index (χ0v) is 18.7. The monoisotopic (exact) mass is 409 g/mol. The Labute approximate surface area is 181 Å². The lowest BCUT2D eigenvalue weighted by atomic mass is 9.96.